The van der Waals surface area contributed by atoms with E-state index in [1.165, 1.54) is 0 Å². The van der Waals surface area contributed by atoms with Crippen LogP contribution in [0.15, 0.2) is 30.3 Å². The van der Waals surface area contributed by atoms with Crippen LogP contribution in [0.5, 0.6) is 11.5 Å². The van der Waals surface area contributed by atoms with Gasteiger partial charge in [-0.1, -0.05) is 12.1 Å². The minimum atomic E-state index is 0.254. The maximum atomic E-state index is 10.1. The number of aromatic hydroxyl groups is 2. The highest BCUT2D eigenvalue weighted by Crippen LogP contribution is 2.33. The quantitative estimate of drug-likeness (QED) is 0.775. The van der Waals surface area contributed by atoms with Gasteiger partial charge in [-0.2, -0.15) is 0 Å². The van der Waals surface area contributed by atoms with E-state index in [-0.39, 0.29) is 5.75 Å². The molecule has 0 unspecified atom stereocenters. The first kappa shape index (κ1) is 12.3. The lowest BCUT2D eigenvalue weighted by Gasteiger charge is -2.23. The molecule has 19 heavy (non-hydrogen) atoms. The van der Waals surface area contributed by atoms with E-state index in [0.717, 1.165) is 48.7 Å². The Morgan fingerprint density at radius 1 is 1.05 bits per heavy atom. The summed E-state index contributed by atoms with van der Waals surface area (Å²) in [5.74, 6) is 1.21. The molecule has 0 atom stereocenters. The minimum absolute atomic E-state index is 0.254. The van der Waals surface area contributed by atoms with Crippen molar-refractivity contribution in [3.05, 3.63) is 35.9 Å². The Labute approximate surface area is 112 Å². The van der Waals surface area contributed by atoms with E-state index in [4.69, 9.17) is 0 Å². The minimum Gasteiger partial charge on any atom is -0.508 e. The van der Waals surface area contributed by atoms with E-state index in [1.54, 1.807) is 18.2 Å². The molecule has 3 heteroatoms. The third-order valence-electron chi connectivity index (χ3n) is 4.04. The lowest BCUT2D eigenvalue weighted by molar-refractivity contribution is 0.367. The summed E-state index contributed by atoms with van der Waals surface area (Å²) >= 11 is 0. The van der Waals surface area contributed by atoms with Crippen molar-refractivity contribution in [1.82, 2.24) is 5.32 Å². The van der Waals surface area contributed by atoms with Crippen molar-refractivity contribution in [2.75, 3.05) is 13.1 Å². The van der Waals surface area contributed by atoms with Crippen LogP contribution in [0.1, 0.15) is 18.4 Å². The first-order valence-electron chi connectivity index (χ1n) is 6.88. The molecule has 0 aromatic heterocycles. The zero-order chi connectivity index (χ0) is 13.2. The second kappa shape index (κ2) is 5.10. The average Bonchev–Trinajstić information content (AvgIpc) is 2.43. The number of hydrogen-bond acceptors (Lipinski definition) is 3. The van der Waals surface area contributed by atoms with E-state index in [0.29, 0.717) is 11.7 Å². The van der Waals surface area contributed by atoms with Crippen molar-refractivity contribution in [3.8, 4) is 11.5 Å². The Hall–Kier alpha value is -1.74. The maximum absolute atomic E-state index is 10.1. The molecule has 1 aliphatic rings. The average molecular weight is 257 g/mol. The predicted octanol–water partition coefficient (Wildman–Crippen LogP) is 2.79. The molecule has 0 aliphatic carbocycles. The summed E-state index contributed by atoms with van der Waals surface area (Å²) in [5.41, 5.74) is 0.973. The van der Waals surface area contributed by atoms with Gasteiger partial charge in [0.2, 0.25) is 0 Å². The molecule has 1 fully saturated rings. The number of phenols is 2. The van der Waals surface area contributed by atoms with E-state index >= 15 is 0 Å². The van der Waals surface area contributed by atoms with Gasteiger partial charge < -0.3 is 15.5 Å². The van der Waals surface area contributed by atoms with Crippen molar-refractivity contribution in [2.24, 2.45) is 5.92 Å². The van der Waals surface area contributed by atoms with Crippen LogP contribution in [-0.2, 0) is 6.42 Å². The summed E-state index contributed by atoms with van der Waals surface area (Å²) < 4.78 is 0. The molecule has 3 rings (SSSR count). The molecule has 0 saturated carbocycles. The molecule has 0 bridgehead atoms. The monoisotopic (exact) mass is 257 g/mol. The van der Waals surface area contributed by atoms with E-state index in [9.17, 15) is 10.2 Å². The Morgan fingerprint density at radius 2 is 1.79 bits per heavy atom. The van der Waals surface area contributed by atoms with Crippen LogP contribution in [0, 0.1) is 5.92 Å². The topological polar surface area (TPSA) is 52.5 Å². The third kappa shape index (κ3) is 2.51. The van der Waals surface area contributed by atoms with Crippen molar-refractivity contribution >= 4 is 10.8 Å². The number of fused-ring (bicyclic) bond motifs is 1. The van der Waals surface area contributed by atoms with Crippen LogP contribution in [0.4, 0.5) is 0 Å². The fourth-order valence-corrected chi connectivity index (χ4v) is 2.95. The Balaban J connectivity index is 2.00. The van der Waals surface area contributed by atoms with Gasteiger partial charge in [0.05, 0.1) is 0 Å². The molecule has 2 aromatic carbocycles. The third-order valence-corrected chi connectivity index (χ3v) is 4.04. The van der Waals surface area contributed by atoms with Gasteiger partial charge in [-0.05, 0) is 67.2 Å². The van der Waals surface area contributed by atoms with Crippen LogP contribution in [0.2, 0.25) is 0 Å². The normalized spacial score (nSPS) is 16.8. The van der Waals surface area contributed by atoms with Gasteiger partial charge in [-0.3, -0.25) is 0 Å². The highest BCUT2D eigenvalue weighted by atomic mass is 16.3. The summed E-state index contributed by atoms with van der Waals surface area (Å²) in [6.45, 7) is 2.11. The molecular weight excluding hydrogens is 238 g/mol. The summed E-state index contributed by atoms with van der Waals surface area (Å²) in [4.78, 5) is 0. The van der Waals surface area contributed by atoms with Gasteiger partial charge in [0.1, 0.15) is 11.5 Å². The molecule has 1 saturated heterocycles. The molecule has 0 spiro atoms. The Bertz CT molecular complexity index is 583. The van der Waals surface area contributed by atoms with Gasteiger partial charge in [0.25, 0.3) is 0 Å². The van der Waals surface area contributed by atoms with Crippen molar-refractivity contribution in [1.29, 1.82) is 0 Å². The zero-order valence-corrected chi connectivity index (χ0v) is 10.9. The first-order valence-corrected chi connectivity index (χ1v) is 6.88. The highest BCUT2D eigenvalue weighted by Gasteiger charge is 2.17. The molecule has 1 heterocycles. The smallest absolute Gasteiger partial charge is 0.119 e. The molecule has 100 valence electrons. The van der Waals surface area contributed by atoms with Gasteiger partial charge in [-0.25, -0.2) is 0 Å². The maximum Gasteiger partial charge on any atom is 0.119 e. The lowest BCUT2D eigenvalue weighted by Crippen LogP contribution is -2.28. The lowest BCUT2D eigenvalue weighted by atomic mass is 9.88. The van der Waals surface area contributed by atoms with Crippen LogP contribution in [0.3, 0.4) is 0 Å². The number of hydrogen-bond donors (Lipinski definition) is 3. The second-order valence-corrected chi connectivity index (χ2v) is 5.37. The van der Waals surface area contributed by atoms with Crippen LogP contribution in [-0.4, -0.2) is 23.3 Å². The first-order chi connectivity index (χ1) is 9.24. The number of rotatable bonds is 2. The summed E-state index contributed by atoms with van der Waals surface area (Å²) in [7, 11) is 0. The van der Waals surface area contributed by atoms with Crippen molar-refractivity contribution < 1.29 is 10.2 Å². The summed E-state index contributed by atoms with van der Waals surface area (Å²) in [5, 5.41) is 25.2. The van der Waals surface area contributed by atoms with Crippen LogP contribution < -0.4 is 5.32 Å². The second-order valence-electron chi connectivity index (χ2n) is 5.37. The molecule has 3 N–H and O–H groups in total. The number of phenolic OH excluding ortho intramolecular Hbond substituents is 2. The summed E-state index contributed by atoms with van der Waals surface area (Å²) in [6, 6.07) is 9.00. The number of benzene rings is 2. The number of nitrogens with one attached hydrogen (secondary N) is 1. The van der Waals surface area contributed by atoms with Crippen molar-refractivity contribution in [3.63, 3.8) is 0 Å². The van der Waals surface area contributed by atoms with Gasteiger partial charge in [-0.15, -0.1) is 0 Å². The van der Waals surface area contributed by atoms with E-state index in [1.807, 2.05) is 12.1 Å². The van der Waals surface area contributed by atoms with Gasteiger partial charge in [0.15, 0.2) is 0 Å². The Morgan fingerprint density at radius 3 is 2.58 bits per heavy atom. The SMILES string of the molecule is Oc1ccc2ccc(O)c(CC3CCNCC3)c2c1. The largest absolute Gasteiger partial charge is 0.508 e. The highest BCUT2D eigenvalue weighted by molar-refractivity contribution is 5.88. The van der Waals surface area contributed by atoms with Crippen LogP contribution in [0.25, 0.3) is 10.8 Å². The van der Waals surface area contributed by atoms with E-state index < -0.39 is 0 Å². The zero-order valence-electron chi connectivity index (χ0n) is 10.9. The number of piperidine rings is 1. The molecule has 0 radical (unpaired) electrons. The van der Waals surface area contributed by atoms with Gasteiger partial charge in [0, 0.05) is 5.56 Å². The van der Waals surface area contributed by atoms with Crippen LogP contribution >= 0.6 is 0 Å². The fourth-order valence-electron chi connectivity index (χ4n) is 2.95. The predicted molar refractivity (Wildman–Crippen MR) is 76.6 cm³/mol. The molecular formula is C16H19NO2. The molecule has 3 nitrogen and oxygen atoms in total. The standard InChI is InChI=1S/C16H19NO2/c18-13-3-1-12-2-4-16(19)15(14(12)10-13)9-11-5-7-17-8-6-11/h1-4,10-11,17-19H,5-9H2. The molecule has 2 aromatic rings. The van der Waals surface area contributed by atoms with Gasteiger partial charge >= 0.3 is 0 Å². The molecule has 0 amide bonds. The van der Waals surface area contributed by atoms with Crippen molar-refractivity contribution in [2.45, 2.75) is 19.3 Å². The summed E-state index contributed by atoms with van der Waals surface area (Å²) in [6.07, 6.45) is 3.18. The molecule has 1 aliphatic heterocycles. The fraction of sp³-hybridized carbons (Fsp3) is 0.375. The van der Waals surface area contributed by atoms with E-state index in [2.05, 4.69) is 5.32 Å². The Kier molecular flexibility index (Phi) is 3.30.